The van der Waals surface area contributed by atoms with Gasteiger partial charge in [0.05, 0.1) is 0 Å². The number of aryl methyl sites for hydroxylation is 2. The van der Waals surface area contributed by atoms with Gasteiger partial charge in [0.2, 0.25) is 5.89 Å². The van der Waals surface area contributed by atoms with Crippen molar-refractivity contribution in [3.05, 3.63) is 11.7 Å². The number of carbonyl (C=O) groups is 1. The molecule has 6 heteroatoms. The van der Waals surface area contributed by atoms with Crippen LogP contribution in [-0.2, 0) is 6.42 Å². The summed E-state index contributed by atoms with van der Waals surface area (Å²) in [5.74, 6) is 1.28. The van der Waals surface area contributed by atoms with E-state index in [2.05, 4.69) is 27.7 Å². The summed E-state index contributed by atoms with van der Waals surface area (Å²) in [4.78, 5) is 15.9. The molecule has 118 valence electrons. The molecule has 0 aliphatic heterocycles. The van der Waals surface area contributed by atoms with Crippen molar-refractivity contribution < 1.29 is 9.32 Å². The lowest BCUT2D eigenvalue weighted by molar-refractivity contribution is 0.224. The van der Waals surface area contributed by atoms with E-state index in [0.29, 0.717) is 30.1 Å². The standard InChI is InChI=1S/C15H26N4O2/c1-3-15(8-4-5-9-15)11-17-14(20)16-10-6-7-13-18-12(2)19-21-13/h3-11H2,1-2H3,(H2,16,17,20). The number of carbonyl (C=O) groups excluding carboxylic acids is 1. The second-order valence-corrected chi connectivity index (χ2v) is 6.01. The molecular formula is C15H26N4O2. The fourth-order valence-corrected chi connectivity index (χ4v) is 2.99. The van der Waals surface area contributed by atoms with Crippen molar-refractivity contribution in [3.8, 4) is 0 Å². The molecule has 2 amide bonds. The lowest BCUT2D eigenvalue weighted by Crippen LogP contribution is -2.42. The molecule has 1 saturated carbocycles. The van der Waals surface area contributed by atoms with E-state index >= 15 is 0 Å². The van der Waals surface area contributed by atoms with E-state index in [1.807, 2.05) is 0 Å². The second kappa shape index (κ2) is 7.43. The molecule has 21 heavy (non-hydrogen) atoms. The van der Waals surface area contributed by atoms with E-state index in [-0.39, 0.29) is 6.03 Å². The van der Waals surface area contributed by atoms with Gasteiger partial charge in [-0.2, -0.15) is 4.98 Å². The van der Waals surface area contributed by atoms with Crippen molar-refractivity contribution in [2.45, 2.75) is 58.8 Å². The zero-order valence-electron chi connectivity index (χ0n) is 13.1. The molecule has 2 rings (SSSR count). The molecule has 1 fully saturated rings. The first-order chi connectivity index (χ1) is 10.1. The number of nitrogens with one attached hydrogen (secondary N) is 2. The smallest absolute Gasteiger partial charge is 0.314 e. The third kappa shape index (κ3) is 4.72. The first kappa shape index (κ1) is 15.8. The van der Waals surface area contributed by atoms with Gasteiger partial charge in [0, 0.05) is 19.5 Å². The Morgan fingerprint density at radius 1 is 1.33 bits per heavy atom. The van der Waals surface area contributed by atoms with Crippen LogP contribution in [0.25, 0.3) is 0 Å². The minimum Gasteiger partial charge on any atom is -0.339 e. The largest absolute Gasteiger partial charge is 0.339 e. The Morgan fingerprint density at radius 3 is 2.71 bits per heavy atom. The Bertz CT molecular complexity index is 452. The van der Waals surface area contributed by atoms with Gasteiger partial charge in [-0.3, -0.25) is 0 Å². The third-order valence-electron chi connectivity index (χ3n) is 4.46. The Balaban J connectivity index is 1.59. The van der Waals surface area contributed by atoms with Gasteiger partial charge >= 0.3 is 6.03 Å². The van der Waals surface area contributed by atoms with Crippen LogP contribution in [0.2, 0.25) is 0 Å². The first-order valence-corrected chi connectivity index (χ1v) is 7.94. The number of nitrogens with zero attached hydrogens (tertiary/aromatic N) is 2. The van der Waals surface area contributed by atoms with Crippen LogP contribution in [0.15, 0.2) is 4.52 Å². The molecule has 0 spiro atoms. The zero-order valence-corrected chi connectivity index (χ0v) is 13.1. The van der Waals surface area contributed by atoms with Crippen LogP contribution in [0, 0.1) is 12.3 Å². The maximum atomic E-state index is 11.8. The highest BCUT2D eigenvalue weighted by atomic mass is 16.5. The SMILES string of the molecule is CCC1(CNC(=O)NCCCc2nc(C)no2)CCCC1. The molecule has 1 aromatic heterocycles. The van der Waals surface area contributed by atoms with Crippen LogP contribution in [0.3, 0.4) is 0 Å². The van der Waals surface area contributed by atoms with Crippen molar-refractivity contribution in [2.75, 3.05) is 13.1 Å². The predicted molar refractivity (Wildman–Crippen MR) is 79.9 cm³/mol. The zero-order chi connectivity index (χ0) is 15.1. The Morgan fingerprint density at radius 2 is 2.10 bits per heavy atom. The predicted octanol–water partition coefficient (Wildman–Crippen LogP) is 2.58. The minimum atomic E-state index is -0.0727. The fraction of sp³-hybridized carbons (Fsp3) is 0.800. The summed E-state index contributed by atoms with van der Waals surface area (Å²) in [5, 5.41) is 9.64. The normalized spacial score (nSPS) is 16.9. The summed E-state index contributed by atoms with van der Waals surface area (Å²) in [6, 6.07) is -0.0727. The number of rotatable bonds is 7. The summed E-state index contributed by atoms with van der Waals surface area (Å²) in [5.41, 5.74) is 0.332. The van der Waals surface area contributed by atoms with Crippen molar-refractivity contribution in [2.24, 2.45) is 5.41 Å². The molecule has 0 bridgehead atoms. The minimum absolute atomic E-state index is 0.0727. The lowest BCUT2D eigenvalue weighted by Gasteiger charge is -2.27. The van der Waals surface area contributed by atoms with Crippen LogP contribution in [-0.4, -0.2) is 29.3 Å². The highest BCUT2D eigenvalue weighted by Crippen LogP contribution is 2.40. The van der Waals surface area contributed by atoms with E-state index in [4.69, 9.17) is 4.52 Å². The van der Waals surface area contributed by atoms with Crippen LogP contribution >= 0.6 is 0 Å². The van der Waals surface area contributed by atoms with Gasteiger partial charge in [-0.15, -0.1) is 0 Å². The van der Waals surface area contributed by atoms with Crippen LogP contribution < -0.4 is 10.6 Å². The number of hydrogen-bond acceptors (Lipinski definition) is 4. The topological polar surface area (TPSA) is 80.0 Å². The maximum Gasteiger partial charge on any atom is 0.314 e. The van der Waals surface area contributed by atoms with Crippen molar-refractivity contribution in [3.63, 3.8) is 0 Å². The molecule has 1 aliphatic carbocycles. The van der Waals surface area contributed by atoms with E-state index in [9.17, 15) is 4.79 Å². The number of urea groups is 1. The van der Waals surface area contributed by atoms with Crippen LogP contribution in [0.1, 0.15) is 57.2 Å². The monoisotopic (exact) mass is 294 g/mol. The van der Waals surface area contributed by atoms with E-state index in [1.54, 1.807) is 6.92 Å². The van der Waals surface area contributed by atoms with Gasteiger partial charge in [0.25, 0.3) is 0 Å². The summed E-state index contributed by atoms with van der Waals surface area (Å²) in [6.07, 6.45) is 7.69. The van der Waals surface area contributed by atoms with Crippen molar-refractivity contribution in [1.82, 2.24) is 20.8 Å². The van der Waals surface area contributed by atoms with Gasteiger partial charge in [-0.25, -0.2) is 4.79 Å². The summed E-state index contributed by atoms with van der Waals surface area (Å²) >= 11 is 0. The molecule has 2 N–H and O–H groups in total. The van der Waals surface area contributed by atoms with Crippen molar-refractivity contribution in [1.29, 1.82) is 0 Å². The highest BCUT2D eigenvalue weighted by Gasteiger charge is 2.32. The quantitative estimate of drug-likeness (QED) is 0.757. The Kier molecular flexibility index (Phi) is 5.59. The van der Waals surface area contributed by atoms with Gasteiger partial charge in [0.15, 0.2) is 5.82 Å². The first-order valence-electron chi connectivity index (χ1n) is 7.94. The Hall–Kier alpha value is -1.59. The average Bonchev–Trinajstić information content (AvgIpc) is 3.11. The highest BCUT2D eigenvalue weighted by molar-refractivity contribution is 5.73. The fourth-order valence-electron chi connectivity index (χ4n) is 2.99. The summed E-state index contributed by atoms with van der Waals surface area (Å²) in [7, 11) is 0. The molecule has 0 atom stereocenters. The number of amides is 2. The molecule has 0 unspecified atom stereocenters. The van der Waals surface area contributed by atoms with Gasteiger partial charge in [-0.05, 0) is 38.0 Å². The molecular weight excluding hydrogens is 268 g/mol. The molecule has 1 aromatic rings. The van der Waals surface area contributed by atoms with E-state index in [0.717, 1.165) is 19.4 Å². The van der Waals surface area contributed by atoms with E-state index in [1.165, 1.54) is 25.7 Å². The van der Waals surface area contributed by atoms with Crippen molar-refractivity contribution >= 4 is 6.03 Å². The lowest BCUT2D eigenvalue weighted by atomic mass is 9.83. The molecule has 0 aromatic carbocycles. The molecule has 0 saturated heterocycles. The maximum absolute atomic E-state index is 11.8. The third-order valence-corrected chi connectivity index (χ3v) is 4.46. The van der Waals surface area contributed by atoms with E-state index < -0.39 is 0 Å². The number of hydrogen-bond donors (Lipinski definition) is 2. The van der Waals surface area contributed by atoms with Gasteiger partial charge < -0.3 is 15.2 Å². The summed E-state index contributed by atoms with van der Waals surface area (Å²) in [6.45, 7) is 5.42. The molecule has 6 nitrogen and oxygen atoms in total. The number of aromatic nitrogens is 2. The van der Waals surface area contributed by atoms with Crippen LogP contribution in [0.4, 0.5) is 4.79 Å². The van der Waals surface area contributed by atoms with Crippen LogP contribution in [0.5, 0.6) is 0 Å². The van der Waals surface area contributed by atoms with Gasteiger partial charge in [-0.1, -0.05) is 24.9 Å². The molecule has 1 aliphatic rings. The van der Waals surface area contributed by atoms with Gasteiger partial charge in [0.1, 0.15) is 0 Å². The molecule has 0 radical (unpaired) electrons. The average molecular weight is 294 g/mol. The second-order valence-electron chi connectivity index (χ2n) is 6.01. The Labute approximate surface area is 126 Å². The summed E-state index contributed by atoms with van der Waals surface area (Å²) < 4.78 is 5.02. The molecule has 1 heterocycles.